The molecule has 0 radical (unpaired) electrons. The Morgan fingerprint density at radius 1 is 1.33 bits per heavy atom. The van der Waals surface area contributed by atoms with Crippen molar-refractivity contribution in [1.82, 2.24) is 0 Å². The van der Waals surface area contributed by atoms with Gasteiger partial charge < -0.3 is 15.4 Å². The Bertz CT molecular complexity index is 344. The molecule has 100 valence electrons. The van der Waals surface area contributed by atoms with Gasteiger partial charge in [0.2, 0.25) is 0 Å². The topological polar surface area (TPSA) is 38.5 Å². The van der Waals surface area contributed by atoms with Gasteiger partial charge in [-0.05, 0) is 49.4 Å². The predicted molar refractivity (Wildman–Crippen MR) is 76.0 cm³/mol. The minimum atomic E-state index is 0.674. The van der Waals surface area contributed by atoms with Crippen LogP contribution in [0.25, 0.3) is 0 Å². The van der Waals surface area contributed by atoms with E-state index in [1.807, 2.05) is 0 Å². The number of nitrogens with two attached hydrogens (primary N) is 1. The van der Waals surface area contributed by atoms with Gasteiger partial charge in [0.05, 0.1) is 6.61 Å². The monoisotopic (exact) mass is 248 g/mol. The van der Waals surface area contributed by atoms with Gasteiger partial charge in [-0.1, -0.05) is 12.1 Å². The summed E-state index contributed by atoms with van der Waals surface area (Å²) < 4.78 is 5.53. The van der Waals surface area contributed by atoms with E-state index in [1.165, 1.54) is 24.1 Å². The molecule has 1 saturated heterocycles. The van der Waals surface area contributed by atoms with Crippen LogP contribution in [0.15, 0.2) is 24.3 Å². The number of ether oxygens (including phenoxy) is 1. The lowest BCUT2D eigenvalue weighted by Crippen LogP contribution is -2.30. The third kappa shape index (κ3) is 3.72. The van der Waals surface area contributed by atoms with E-state index < -0.39 is 0 Å². The van der Waals surface area contributed by atoms with Crippen molar-refractivity contribution >= 4 is 5.69 Å². The van der Waals surface area contributed by atoms with Gasteiger partial charge in [0, 0.05) is 25.9 Å². The highest BCUT2D eigenvalue weighted by Crippen LogP contribution is 2.19. The molecule has 0 amide bonds. The Balaban J connectivity index is 1.89. The van der Waals surface area contributed by atoms with Crippen molar-refractivity contribution in [3.8, 4) is 0 Å². The maximum absolute atomic E-state index is 5.56. The van der Waals surface area contributed by atoms with E-state index in [4.69, 9.17) is 10.5 Å². The van der Waals surface area contributed by atoms with E-state index in [2.05, 4.69) is 36.2 Å². The highest BCUT2D eigenvalue weighted by Gasteiger charge is 2.16. The Morgan fingerprint density at radius 3 is 2.72 bits per heavy atom. The van der Waals surface area contributed by atoms with Crippen LogP contribution in [-0.2, 0) is 11.2 Å². The molecule has 0 aromatic heterocycles. The Kier molecular flexibility index (Phi) is 5.02. The van der Waals surface area contributed by atoms with Crippen molar-refractivity contribution in [2.45, 2.75) is 19.3 Å². The molecule has 2 N–H and O–H groups in total. The smallest absolute Gasteiger partial charge is 0.0511 e. The van der Waals surface area contributed by atoms with Crippen LogP contribution in [0, 0.1) is 5.92 Å². The Hall–Kier alpha value is -1.06. The summed E-state index contributed by atoms with van der Waals surface area (Å²) in [7, 11) is 2.16. The lowest BCUT2D eigenvalue weighted by Gasteiger charge is -2.28. The lowest BCUT2D eigenvalue weighted by molar-refractivity contribution is 0.0576. The molecule has 1 aliphatic heterocycles. The van der Waals surface area contributed by atoms with Crippen molar-refractivity contribution in [3.05, 3.63) is 29.8 Å². The maximum atomic E-state index is 5.56. The average molecular weight is 248 g/mol. The van der Waals surface area contributed by atoms with Crippen molar-refractivity contribution in [3.63, 3.8) is 0 Å². The van der Waals surface area contributed by atoms with Crippen molar-refractivity contribution in [1.29, 1.82) is 0 Å². The highest BCUT2D eigenvalue weighted by atomic mass is 16.5. The van der Waals surface area contributed by atoms with E-state index >= 15 is 0 Å². The fraction of sp³-hybridized carbons (Fsp3) is 0.600. The van der Waals surface area contributed by atoms with Gasteiger partial charge in [0.25, 0.3) is 0 Å². The average Bonchev–Trinajstić information content (AvgIpc) is 2.41. The van der Waals surface area contributed by atoms with E-state index in [9.17, 15) is 0 Å². The number of anilines is 1. The third-order valence-electron chi connectivity index (χ3n) is 3.60. The standard InChI is InChI=1S/C15H24N2O/c1-17(11-14-3-2-10-18-12-14)15-6-4-13(5-7-15)8-9-16/h4-7,14H,2-3,8-12,16H2,1H3. The summed E-state index contributed by atoms with van der Waals surface area (Å²) in [6.45, 7) is 3.65. The second kappa shape index (κ2) is 6.76. The maximum Gasteiger partial charge on any atom is 0.0511 e. The minimum Gasteiger partial charge on any atom is -0.381 e. The summed E-state index contributed by atoms with van der Waals surface area (Å²) in [6, 6.07) is 8.73. The molecule has 1 aromatic rings. The molecule has 2 rings (SSSR count). The SMILES string of the molecule is CN(CC1CCCOC1)c1ccc(CCN)cc1. The van der Waals surface area contributed by atoms with E-state index in [-0.39, 0.29) is 0 Å². The van der Waals surface area contributed by atoms with Crippen LogP contribution in [0.5, 0.6) is 0 Å². The zero-order chi connectivity index (χ0) is 12.8. The van der Waals surface area contributed by atoms with Gasteiger partial charge in [-0.15, -0.1) is 0 Å². The van der Waals surface area contributed by atoms with Crippen molar-refractivity contribution < 1.29 is 4.74 Å². The molecule has 0 spiro atoms. The summed E-state index contributed by atoms with van der Waals surface area (Å²) in [5.74, 6) is 0.674. The van der Waals surface area contributed by atoms with E-state index in [0.29, 0.717) is 12.5 Å². The largest absolute Gasteiger partial charge is 0.381 e. The zero-order valence-corrected chi connectivity index (χ0v) is 11.3. The normalized spacial score (nSPS) is 19.8. The molecular formula is C15H24N2O. The summed E-state index contributed by atoms with van der Waals surface area (Å²) in [5, 5.41) is 0. The summed E-state index contributed by atoms with van der Waals surface area (Å²) in [5.41, 5.74) is 8.15. The minimum absolute atomic E-state index is 0.674. The van der Waals surface area contributed by atoms with Crippen molar-refractivity contribution in [2.24, 2.45) is 11.7 Å². The first kappa shape index (κ1) is 13.4. The summed E-state index contributed by atoms with van der Waals surface area (Å²) in [4.78, 5) is 2.32. The molecule has 18 heavy (non-hydrogen) atoms. The van der Waals surface area contributed by atoms with Gasteiger partial charge in [-0.3, -0.25) is 0 Å². The summed E-state index contributed by atoms with van der Waals surface area (Å²) in [6.07, 6.45) is 3.45. The highest BCUT2D eigenvalue weighted by molar-refractivity contribution is 5.47. The van der Waals surface area contributed by atoms with Gasteiger partial charge in [0.1, 0.15) is 0 Å². The second-order valence-electron chi connectivity index (χ2n) is 5.17. The van der Waals surface area contributed by atoms with Crippen LogP contribution in [0.3, 0.4) is 0 Å². The van der Waals surface area contributed by atoms with Crippen LogP contribution >= 0.6 is 0 Å². The predicted octanol–water partition coefficient (Wildman–Crippen LogP) is 2.05. The fourth-order valence-corrected chi connectivity index (χ4v) is 2.53. The zero-order valence-electron chi connectivity index (χ0n) is 11.3. The molecule has 0 saturated carbocycles. The molecule has 1 fully saturated rings. The number of rotatable bonds is 5. The number of hydrogen-bond donors (Lipinski definition) is 1. The van der Waals surface area contributed by atoms with Crippen LogP contribution in [0.4, 0.5) is 5.69 Å². The number of benzene rings is 1. The van der Waals surface area contributed by atoms with E-state index in [1.54, 1.807) is 0 Å². The Morgan fingerprint density at radius 2 is 2.11 bits per heavy atom. The fourth-order valence-electron chi connectivity index (χ4n) is 2.53. The molecule has 0 bridgehead atoms. The van der Waals surface area contributed by atoms with Gasteiger partial charge in [-0.2, -0.15) is 0 Å². The Labute approximate surface area is 110 Å². The molecule has 1 unspecified atom stereocenters. The summed E-state index contributed by atoms with van der Waals surface area (Å²) >= 11 is 0. The molecule has 1 atom stereocenters. The van der Waals surface area contributed by atoms with Gasteiger partial charge in [0.15, 0.2) is 0 Å². The first-order chi connectivity index (χ1) is 8.79. The molecular weight excluding hydrogens is 224 g/mol. The second-order valence-corrected chi connectivity index (χ2v) is 5.17. The quantitative estimate of drug-likeness (QED) is 0.866. The van der Waals surface area contributed by atoms with Crippen molar-refractivity contribution in [2.75, 3.05) is 38.3 Å². The van der Waals surface area contributed by atoms with Crippen LogP contribution < -0.4 is 10.6 Å². The third-order valence-corrected chi connectivity index (χ3v) is 3.60. The van der Waals surface area contributed by atoms with Crippen LogP contribution in [0.1, 0.15) is 18.4 Å². The molecule has 1 heterocycles. The first-order valence-electron chi connectivity index (χ1n) is 6.87. The molecule has 3 nitrogen and oxygen atoms in total. The molecule has 3 heteroatoms. The number of nitrogens with zero attached hydrogens (tertiary/aromatic N) is 1. The van der Waals surface area contributed by atoms with E-state index in [0.717, 1.165) is 26.2 Å². The first-order valence-corrected chi connectivity index (χ1v) is 6.87. The van der Waals surface area contributed by atoms with Gasteiger partial charge >= 0.3 is 0 Å². The van der Waals surface area contributed by atoms with Gasteiger partial charge in [-0.25, -0.2) is 0 Å². The molecule has 1 aromatic carbocycles. The molecule has 0 aliphatic carbocycles. The number of hydrogen-bond acceptors (Lipinski definition) is 3. The van der Waals surface area contributed by atoms with Crippen LogP contribution in [-0.4, -0.2) is 33.4 Å². The van der Waals surface area contributed by atoms with Crippen LogP contribution in [0.2, 0.25) is 0 Å². The lowest BCUT2D eigenvalue weighted by atomic mass is 10.0. The molecule has 1 aliphatic rings.